The lowest BCUT2D eigenvalue weighted by Crippen LogP contribution is -1.96. The quantitative estimate of drug-likeness (QED) is 0.660. The summed E-state index contributed by atoms with van der Waals surface area (Å²) in [6.07, 6.45) is 0. The molecule has 0 aromatic heterocycles. The second kappa shape index (κ2) is 5.87. The number of hydrogen-bond acceptors (Lipinski definition) is 1. The lowest BCUT2D eigenvalue weighted by molar-refractivity contribution is 0.304. The van der Waals surface area contributed by atoms with Crippen molar-refractivity contribution in [3.8, 4) is 5.75 Å². The number of hydrogen-bond donors (Lipinski definition) is 0. The van der Waals surface area contributed by atoms with Crippen molar-refractivity contribution in [2.24, 2.45) is 0 Å². The summed E-state index contributed by atoms with van der Waals surface area (Å²) in [5, 5.41) is 0. The van der Waals surface area contributed by atoms with Gasteiger partial charge in [0.2, 0.25) is 0 Å². The molecule has 0 fully saturated rings. The molecule has 0 saturated heterocycles. The first-order valence-electron chi connectivity index (χ1n) is 5.28. The largest absolute Gasteiger partial charge is 0.489 e. The van der Waals surface area contributed by atoms with Gasteiger partial charge in [0.05, 0.1) is 0 Å². The highest BCUT2D eigenvalue weighted by molar-refractivity contribution is 14.1. The van der Waals surface area contributed by atoms with Crippen molar-refractivity contribution >= 4 is 38.5 Å². The summed E-state index contributed by atoms with van der Waals surface area (Å²) in [5.74, 6) is 0.937. The summed E-state index contributed by atoms with van der Waals surface area (Å²) >= 11 is 5.74. The average molecular weight is 403 g/mol. The second-order valence-electron chi connectivity index (χ2n) is 3.82. The molecule has 2 aromatic rings. The van der Waals surface area contributed by atoms with E-state index >= 15 is 0 Å². The normalized spacial score (nSPS) is 10.3. The van der Waals surface area contributed by atoms with Gasteiger partial charge in [0, 0.05) is 8.04 Å². The van der Waals surface area contributed by atoms with Crippen LogP contribution in [0.3, 0.4) is 0 Å². The lowest BCUT2D eigenvalue weighted by atomic mass is 10.2. The molecule has 0 aliphatic heterocycles. The van der Waals surface area contributed by atoms with E-state index in [0.717, 1.165) is 15.8 Å². The maximum absolute atomic E-state index is 5.79. The van der Waals surface area contributed by atoms with Gasteiger partial charge in [-0.1, -0.05) is 28.1 Å². The minimum atomic E-state index is 0.611. The van der Waals surface area contributed by atoms with Gasteiger partial charge < -0.3 is 4.74 Å². The van der Waals surface area contributed by atoms with E-state index in [-0.39, 0.29) is 0 Å². The third-order valence-electron chi connectivity index (χ3n) is 2.44. The highest BCUT2D eigenvalue weighted by Crippen LogP contribution is 2.23. The van der Waals surface area contributed by atoms with Gasteiger partial charge in [-0.05, 0) is 71.0 Å². The molecule has 0 aliphatic rings. The van der Waals surface area contributed by atoms with E-state index in [4.69, 9.17) is 4.74 Å². The van der Waals surface area contributed by atoms with Crippen LogP contribution in [0.2, 0.25) is 0 Å². The Hall–Kier alpha value is -0.550. The highest BCUT2D eigenvalue weighted by Gasteiger charge is 2.00. The van der Waals surface area contributed by atoms with Gasteiger partial charge in [0.25, 0.3) is 0 Å². The van der Waals surface area contributed by atoms with Gasteiger partial charge in [-0.25, -0.2) is 0 Å². The van der Waals surface area contributed by atoms with Crippen LogP contribution < -0.4 is 4.74 Å². The zero-order chi connectivity index (χ0) is 12.3. The Bertz CT molecular complexity index is 508. The van der Waals surface area contributed by atoms with E-state index in [1.807, 2.05) is 19.1 Å². The summed E-state index contributed by atoms with van der Waals surface area (Å²) in [4.78, 5) is 0. The zero-order valence-electron chi connectivity index (χ0n) is 9.41. The van der Waals surface area contributed by atoms with Crippen LogP contribution in [0.1, 0.15) is 11.1 Å². The molecule has 0 amide bonds. The fraction of sp³-hybridized carbons (Fsp3) is 0.143. The van der Waals surface area contributed by atoms with Crippen molar-refractivity contribution in [2.75, 3.05) is 0 Å². The molecule has 2 aromatic carbocycles. The number of aryl methyl sites for hydroxylation is 1. The molecule has 0 aliphatic carbocycles. The molecule has 2 rings (SSSR count). The molecule has 3 heteroatoms. The first-order valence-corrected chi connectivity index (χ1v) is 7.16. The van der Waals surface area contributed by atoms with Crippen LogP contribution >= 0.6 is 38.5 Å². The van der Waals surface area contributed by atoms with E-state index < -0.39 is 0 Å². The van der Waals surface area contributed by atoms with E-state index in [1.54, 1.807) is 0 Å². The fourth-order valence-corrected chi connectivity index (χ4v) is 2.35. The van der Waals surface area contributed by atoms with Crippen LogP contribution in [-0.4, -0.2) is 0 Å². The maximum Gasteiger partial charge on any atom is 0.122 e. The van der Waals surface area contributed by atoms with Crippen molar-refractivity contribution in [1.82, 2.24) is 0 Å². The Morgan fingerprint density at radius 3 is 2.47 bits per heavy atom. The Morgan fingerprint density at radius 2 is 1.82 bits per heavy atom. The van der Waals surface area contributed by atoms with Crippen LogP contribution in [0.15, 0.2) is 46.9 Å². The second-order valence-corrected chi connectivity index (χ2v) is 5.99. The number of rotatable bonds is 3. The Labute approximate surface area is 123 Å². The topological polar surface area (TPSA) is 9.23 Å². The van der Waals surface area contributed by atoms with Crippen molar-refractivity contribution < 1.29 is 4.74 Å². The number of benzene rings is 2. The SMILES string of the molecule is Cc1cc(Br)ccc1OCc1ccc(I)cc1. The average Bonchev–Trinajstić information content (AvgIpc) is 2.30. The van der Waals surface area contributed by atoms with Crippen LogP contribution in [0.5, 0.6) is 5.75 Å². The van der Waals surface area contributed by atoms with Gasteiger partial charge in [0.15, 0.2) is 0 Å². The minimum Gasteiger partial charge on any atom is -0.489 e. The summed E-state index contributed by atoms with van der Waals surface area (Å²) in [7, 11) is 0. The third-order valence-corrected chi connectivity index (χ3v) is 3.66. The van der Waals surface area contributed by atoms with Gasteiger partial charge in [-0.3, -0.25) is 0 Å². The Kier molecular flexibility index (Phi) is 4.45. The summed E-state index contributed by atoms with van der Waals surface area (Å²) < 4.78 is 8.12. The van der Waals surface area contributed by atoms with Gasteiger partial charge in [-0.15, -0.1) is 0 Å². The smallest absolute Gasteiger partial charge is 0.122 e. The Morgan fingerprint density at radius 1 is 1.12 bits per heavy atom. The van der Waals surface area contributed by atoms with Crippen molar-refractivity contribution in [1.29, 1.82) is 0 Å². The molecule has 1 nitrogen and oxygen atoms in total. The molecule has 0 heterocycles. The Balaban J connectivity index is 2.04. The van der Waals surface area contributed by atoms with Crippen LogP contribution in [0.25, 0.3) is 0 Å². The van der Waals surface area contributed by atoms with E-state index in [2.05, 4.69) is 68.9 Å². The molecule has 0 saturated carbocycles. The van der Waals surface area contributed by atoms with E-state index in [0.29, 0.717) is 6.61 Å². The fourth-order valence-electron chi connectivity index (χ4n) is 1.52. The molecule has 0 radical (unpaired) electrons. The van der Waals surface area contributed by atoms with Gasteiger partial charge in [-0.2, -0.15) is 0 Å². The maximum atomic E-state index is 5.79. The predicted molar refractivity (Wildman–Crippen MR) is 82.4 cm³/mol. The zero-order valence-corrected chi connectivity index (χ0v) is 13.2. The predicted octanol–water partition coefficient (Wildman–Crippen LogP) is 4.94. The minimum absolute atomic E-state index is 0.611. The molecule has 0 unspecified atom stereocenters. The van der Waals surface area contributed by atoms with Crippen LogP contribution in [0.4, 0.5) is 0 Å². The van der Waals surface area contributed by atoms with Crippen molar-refractivity contribution in [2.45, 2.75) is 13.5 Å². The summed E-state index contributed by atoms with van der Waals surface area (Å²) in [6.45, 7) is 2.66. The molecule has 88 valence electrons. The van der Waals surface area contributed by atoms with E-state index in [1.165, 1.54) is 9.13 Å². The van der Waals surface area contributed by atoms with Gasteiger partial charge in [0.1, 0.15) is 12.4 Å². The molecular weight excluding hydrogens is 391 g/mol. The van der Waals surface area contributed by atoms with E-state index in [9.17, 15) is 0 Å². The van der Waals surface area contributed by atoms with Crippen molar-refractivity contribution in [3.63, 3.8) is 0 Å². The number of ether oxygens (including phenoxy) is 1. The summed E-state index contributed by atoms with van der Waals surface area (Å²) in [5.41, 5.74) is 2.33. The standard InChI is InChI=1S/C14H12BrIO/c1-10-8-12(15)4-7-14(10)17-9-11-2-5-13(16)6-3-11/h2-8H,9H2,1H3. The first-order chi connectivity index (χ1) is 8.15. The molecule has 17 heavy (non-hydrogen) atoms. The lowest BCUT2D eigenvalue weighted by Gasteiger charge is -2.09. The molecule has 0 N–H and O–H groups in total. The monoisotopic (exact) mass is 402 g/mol. The summed E-state index contributed by atoms with van der Waals surface area (Å²) in [6, 6.07) is 14.4. The number of halogens is 2. The molecule has 0 spiro atoms. The third kappa shape index (κ3) is 3.71. The molecular formula is C14H12BrIO. The molecule has 0 atom stereocenters. The van der Waals surface area contributed by atoms with Gasteiger partial charge >= 0.3 is 0 Å². The van der Waals surface area contributed by atoms with Crippen molar-refractivity contribution in [3.05, 3.63) is 61.6 Å². The van der Waals surface area contributed by atoms with Crippen LogP contribution in [-0.2, 0) is 6.61 Å². The molecule has 0 bridgehead atoms. The van der Waals surface area contributed by atoms with Crippen LogP contribution in [0, 0.1) is 10.5 Å². The highest BCUT2D eigenvalue weighted by atomic mass is 127. The first kappa shape index (κ1) is 12.9.